The lowest BCUT2D eigenvalue weighted by molar-refractivity contribution is 0.879. The molecule has 0 fully saturated rings. The molecule has 70 valence electrons. The van der Waals surface area contributed by atoms with E-state index in [-0.39, 0.29) is 0 Å². The van der Waals surface area contributed by atoms with Crippen LogP contribution in [-0.2, 0) is 0 Å². The van der Waals surface area contributed by atoms with E-state index in [1.54, 1.807) is 11.0 Å². The Hall–Kier alpha value is -1.61. The number of hydrogen-bond acceptors (Lipinski definition) is 2. The summed E-state index contributed by atoms with van der Waals surface area (Å²) in [4.78, 5) is 3.88. The van der Waals surface area contributed by atoms with Gasteiger partial charge in [-0.3, -0.25) is 0 Å². The second-order valence-corrected chi connectivity index (χ2v) is 2.98. The Labute approximate surface area is 86.7 Å². The Morgan fingerprint density at radius 2 is 2.29 bits per heavy atom. The smallest absolute Gasteiger partial charge is 0.138 e. The molecule has 0 radical (unpaired) electrons. The molecular formula is C10H8ClN3. The molecule has 0 saturated heterocycles. The quantitative estimate of drug-likeness (QED) is 0.754. The van der Waals surface area contributed by atoms with Crippen LogP contribution in [-0.4, -0.2) is 14.8 Å². The molecule has 0 bridgehead atoms. The molecule has 0 aliphatic carbocycles. The zero-order chi connectivity index (χ0) is 9.80. The molecule has 0 atom stereocenters. The summed E-state index contributed by atoms with van der Waals surface area (Å²) >= 11 is 5.50. The van der Waals surface area contributed by atoms with Crippen LogP contribution in [0.3, 0.4) is 0 Å². The highest BCUT2D eigenvalue weighted by Crippen LogP contribution is 2.10. The Balaban J connectivity index is 2.40. The van der Waals surface area contributed by atoms with Gasteiger partial charge in [-0.15, -0.1) is 0 Å². The first kappa shape index (κ1) is 8.97. The molecule has 14 heavy (non-hydrogen) atoms. The van der Waals surface area contributed by atoms with Crippen LogP contribution in [0.15, 0.2) is 42.5 Å². The molecule has 1 aromatic carbocycles. The van der Waals surface area contributed by atoms with Crippen LogP contribution in [0.25, 0.3) is 11.8 Å². The number of aromatic nitrogens is 3. The van der Waals surface area contributed by atoms with Crippen LogP contribution < -0.4 is 0 Å². The molecule has 3 nitrogen and oxygen atoms in total. The maximum absolute atomic E-state index is 5.50. The van der Waals surface area contributed by atoms with Crippen LogP contribution in [0.4, 0.5) is 0 Å². The van der Waals surface area contributed by atoms with Gasteiger partial charge in [0.05, 0.1) is 5.69 Å². The molecule has 0 aliphatic rings. The fraction of sp³-hybridized carbons (Fsp3) is 0. The minimum Gasteiger partial charge on any atom is -0.223 e. The molecule has 2 rings (SSSR count). The van der Waals surface area contributed by atoms with Crippen molar-refractivity contribution in [1.82, 2.24) is 14.8 Å². The van der Waals surface area contributed by atoms with E-state index in [0.29, 0.717) is 0 Å². The molecule has 0 amide bonds. The number of benzene rings is 1. The first-order chi connectivity index (χ1) is 6.90. The van der Waals surface area contributed by atoms with Crippen molar-refractivity contribution in [3.63, 3.8) is 0 Å². The van der Waals surface area contributed by atoms with Crippen LogP contribution in [0.2, 0.25) is 0 Å². The molecule has 1 aromatic heterocycles. The van der Waals surface area contributed by atoms with Crippen LogP contribution in [0.1, 0.15) is 5.56 Å². The number of hydrogen-bond donors (Lipinski definition) is 0. The summed E-state index contributed by atoms with van der Waals surface area (Å²) in [5, 5.41) is 4.04. The Kier molecular flexibility index (Phi) is 2.60. The summed E-state index contributed by atoms with van der Waals surface area (Å²) in [6.45, 7) is 0. The summed E-state index contributed by atoms with van der Waals surface area (Å²) in [6.07, 6.45) is 4.98. The highest BCUT2D eigenvalue weighted by molar-refractivity contribution is 6.27. The molecule has 0 unspecified atom stereocenters. The summed E-state index contributed by atoms with van der Waals surface area (Å²) in [5.41, 5.74) is 3.49. The first-order valence-corrected chi connectivity index (χ1v) is 4.55. The van der Waals surface area contributed by atoms with Crippen molar-refractivity contribution in [1.29, 1.82) is 0 Å². The third-order valence-electron chi connectivity index (χ3n) is 1.81. The van der Waals surface area contributed by atoms with Crippen molar-refractivity contribution in [3.05, 3.63) is 48.0 Å². The third-order valence-corrected chi connectivity index (χ3v) is 1.93. The largest absolute Gasteiger partial charge is 0.223 e. The Bertz CT molecular complexity index is 434. The van der Waals surface area contributed by atoms with Crippen LogP contribution >= 0.6 is 11.6 Å². The maximum atomic E-state index is 5.50. The van der Waals surface area contributed by atoms with Crippen molar-refractivity contribution >= 4 is 17.7 Å². The molecule has 0 N–H and O–H groups in total. The van der Waals surface area contributed by atoms with Crippen molar-refractivity contribution in [2.75, 3.05) is 0 Å². The van der Waals surface area contributed by atoms with Gasteiger partial charge in [0.15, 0.2) is 0 Å². The average molecular weight is 206 g/mol. The lowest BCUT2D eigenvalue weighted by Gasteiger charge is -2.00. The standard InChI is InChI=1S/C10H8ClN3/c11-5-4-9-2-1-3-10(6-9)14-8-12-7-13-14/h1-8H. The Morgan fingerprint density at radius 3 is 3.00 bits per heavy atom. The van der Waals surface area contributed by atoms with Crippen molar-refractivity contribution in [3.8, 4) is 5.69 Å². The highest BCUT2D eigenvalue weighted by Gasteiger charge is 1.96. The SMILES string of the molecule is ClC=Cc1cccc(-n2cncn2)c1. The monoisotopic (exact) mass is 205 g/mol. The topological polar surface area (TPSA) is 30.7 Å². The van der Waals surface area contributed by atoms with Crippen molar-refractivity contribution in [2.24, 2.45) is 0 Å². The average Bonchev–Trinajstić information content (AvgIpc) is 2.71. The number of nitrogens with zero attached hydrogens (tertiary/aromatic N) is 3. The van der Waals surface area contributed by atoms with Crippen molar-refractivity contribution < 1.29 is 0 Å². The van der Waals surface area contributed by atoms with Gasteiger partial charge in [-0.1, -0.05) is 23.7 Å². The molecule has 0 aliphatic heterocycles. The predicted octanol–water partition coefficient (Wildman–Crippen LogP) is 2.48. The van der Waals surface area contributed by atoms with E-state index < -0.39 is 0 Å². The maximum Gasteiger partial charge on any atom is 0.138 e. The van der Waals surface area contributed by atoms with E-state index in [4.69, 9.17) is 11.6 Å². The summed E-state index contributed by atoms with van der Waals surface area (Å²) in [6, 6.07) is 7.86. The van der Waals surface area contributed by atoms with Gasteiger partial charge in [0.1, 0.15) is 12.7 Å². The van der Waals surface area contributed by atoms with E-state index in [1.165, 1.54) is 11.9 Å². The fourth-order valence-electron chi connectivity index (χ4n) is 1.19. The highest BCUT2D eigenvalue weighted by atomic mass is 35.5. The summed E-state index contributed by atoms with van der Waals surface area (Å²) in [7, 11) is 0. The summed E-state index contributed by atoms with van der Waals surface area (Å²) < 4.78 is 1.70. The molecular weight excluding hydrogens is 198 g/mol. The normalized spacial score (nSPS) is 10.9. The molecule has 0 spiro atoms. The van der Waals surface area contributed by atoms with E-state index in [0.717, 1.165) is 11.3 Å². The van der Waals surface area contributed by atoms with Gasteiger partial charge in [-0.25, -0.2) is 9.67 Å². The van der Waals surface area contributed by atoms with Gasteiger partial charge in [0.25, 0.3) is 0 Å². The Morgan fingerprint density at radius 1 is 1.36 bits per heavy atom. The lowest BCUT2D eigenvalue weighted by Crippen LogP contribution is -1.93. The molecule has 1 heterocycles. The second-order valence-electron chi connectivity index (χ2n) is 2.73. The van der Waals surface area contributed by atoms with E-state index >= 15 is 0 Å². The van der Waals surface area contributed by atoms with Gasteiger partial charge < -0.3 is 0 Å². The van der Waals surface area contributed by atoms with Gasteiger partial charge >= 0.3 is 0 Å². The van der Waals surface area contributed by atoms with Gasteiger partial charge in [0.2, 0.25) is 0 Å². The fourth-order valence-corrected chi connectivity index (χ4v) is 1.33. The van der Waals surface area contributed by atoms with Gasteiger partial charge in [0, 0.05) is 5.54 Å². The lowest BCUT2D eigenvalue weighted by atomic mass is 10.2. The van der Waals surface area contributed by atoms with E-state index in [9.17, 15) is 0 Å². The molecule has 4 heteroatoms. The zero-order valence-corrected chi connectivity index (χ0v) is 8.09. The minimum absolute atomic E-state index is 0.967. The summed E-state index contributed by atoms with van der Waals surface area (Å²) in [5.74, 6) is 0. The predicted molar refractivity (Wildman–Crippen MR) is 56.2 cm³/mol. The second kappa shape index (κ2) is 4.07. The van der Waals surface area contributed by atoms with Crippen LogP contribution in [0, 0.1) is 0 Å². The minimum atomic E-state index is 0.967. The third kappa shape index (κ3) is 1.83. The number of halogens is 1. The van der Waals surface area contributed by atoms with E-state index in [2.05, 4.69) is 10.1 Å². The first-order valence-electron chi connectivity index (χ1n) is 4.12. The van der Waals surface area contributed by atoms with E-state index in [1.807, 2.05) is 30.3 Å². The van der Waals surface area contributed by atoms with Crippen molar-refractivity contribution in [2.45, 2.75) is 0 Å². The molecule has 0 saturated carbocycles. The zero-order valence-electron chi connectivity index (χ0n) is 7.34. The number of rotatable bonds is 2. The van der Waals surface area contributed by atoms with Gasteiger partial charge in [-0.05, 0) is 23.8 Å². The van der Waals surface area contributed by atoms with Gasteiger partial charge in [-0.2, -0.15) is 5.10 Å². The molecule has 2 aromatic rings. The van der Waals surface area contributed by atoms with Crippen LogP contribution in [0.5, 0.6) is 0 Å².